The third-order valence-corrected chi connectivity index (χ3v) is 6.52. The van der Waals surface area contributed by atoms with Crippen molar-refractivity contribution in [2.24, 2.45) is 0 Å². The molecule has 1 N–H and O–H groups in total. The Hall–Kier alpha value is -2.30. The standard InChI is InChI=1S/C19H22F3N3O3S/c1-24(2)16-10-8-15(9-11-16)23-29(26,27)17-12-28-25(3)18(17)13-4-6-14(7-5-13)19(20,21)22/h4-11,17-18,23H,12H2,1-3H3/t17-,18-/m0/s1. The molecular weight excluding hydrogens is 407 g/mol. The lowest BCUT2D eigenvalue weighted by Crippen LogP contribution is -2.35. The van der Waals surface area contributed by atoms with Gasteiger partial charge < -0.3 is 4.90 Å². The molecule has 1 fully saturated rings. The molecule has 3 rings (SSSR count). The lowest BCUT2D eigenvalue weighted by molar-refractivity contribution is -0.137. The first-order chi connectivity index (χ1) is 13.5. The third-order valence-electron chi connectivity index (χ3n) is 4.81. The van der Waals surface area contributed by atoms with Gasteiger partial charge in [-0.3, -0.25) is 9.56 Å². The van der Waals surface area contributed by atoms with Crippen molar-refractivity contribution in [3.05, 3.63) is 59.7 Å². The van der Waals surface area contributed by atoms with Gasteiger partial charge in [-0.1, -0.05) is 12.1 Å². The lowest BCUT2D eigenvalue weighted by Gasteiger charge is -2.24. The van der Waals surface area contributed by atoms with E-state index in [-0.39, 0.29) is 6.61 Å². The molecule has 10 heteroatoms. The van der Waals surface area contributed by atoms with Crippen molar-refractivity contribution in [1.82, 2.24) is 5.06 Å². The van der Waals surface area contributed by atoms with Crippen LogP contribution in [0.1, 0.15) is 17.2 Å². The molecule has 2 atom stereocenters. The first-order valence-corrected chi connectivity index (χ1v) is 10.4. The molecule has 0 aliphatic carbocycles. The molecule has 2 aromatic rings. The van der Waals surface area contributed by atoms with Gasteiger partial charge in [0.2, 0.25) is 10.0 Å². The van der Waals surface area contributed by atoms with Gasteiger partial charge in [-0.05, 0) is 42.0 Å². The van der Waals surface area contributed by atoms with Gasteiger partial charge in [-0.15, -0.1) is 0 Å². The summed E-state index contributed by atoms with van der Waals surface area (Å²) in [4.78, 5) is 7.28. The number of hydrogen-bond donors (Lipinski definition) is 1. The number of benzene rings is 2. The van der Waals surface area contributed by atoms with Crippen molar-refractivity contribution in [2.45, 2.75) is 17.5 Å². The minimum absolute atomic E-state index is 0.104. The first-order valence-electron chi connectivity index (χ1n) is 8.81. The molecule has 0 bridgehead atoms. The summed E-state index contributed by atoms with van der Waals surface area (Å²) >= 11 is 0. The molecule has 6 nitrogen and oxygen atoms in total. The van der Waals surface area contributed by atoms with E-state index < -0.39 is 33.1 Å². The fraction of sp³-hybridized carbons (Fsp3) is 0.368. The molecular formula is C19H22F3N3O3S. The van der Waals surface area contributed by atoms with Crippen molar-refractivity contribution in [3.8, 4) is 0 Å². The van der Waals surface area contributed by atoms with E-state index in [4.69, 9.17) is 4.84 Å². The Morgan fingerprint density at radius 2 is 1.66 bits per heavy atom. The maximum Gasteiger partial charge on any atom is 0.416 e. The van der Waals surface area contributed by atoms with Crippen LogP contribution in [0.4, 0.5) is 24.5 Å². The van der Waals surface area contributed by atoms with Gasteiger partial charge in [0.1, 0.15) is 5.25 Å². The highest BCUT2D eigenvalue weighted by Crippen LogP contribution is 2.36. The third kappa shape index (κ3) is 4.65. The number of rotatable bonds is 5. The van der Waals surface area contributed by atoms with Crippen molar-refractivity contribution in [2.75, 3.05) is 37.4 Å². The Balaban J connectivity index is 1.84. The molecule has 1 saturated heterocycles. The van der Waals surface area contributed by atoms with Crippen LogP contribution >= 0.6 is 0 Å². The van der Waals surface area contributed by atoms with Gasteiger partial charge in [-0.2, -0.15) is 18.2 Å². The van der Waals surface area contributed by atoms with E-state index in [0.29, 0.717) is 11.3 Å². The summed E-state index contributed by atoms with van der Waals surface area (Å²) in [6, 6.07) is 10.6. The van der Waals surface area contributed by atoms with Gasteiger partial charge >= 0.3 is 6.18 Å². The fourth-order valence-corrected chi connectivity index (χ4v) is 4.74. The highest BCUT2D eigenvalue weighted by atomic mass is 32.2. The van der Waals surface area contributed by atoms with Crippen LogP contribution in [0.25, 0.3) is 0 Å². The lowest BCUT2D eigenvalue weighted by atomic mass is 10.0. The van der Waals surface area contributed by atoms with Gasteiger partial charge in [0.15, 0.2) is 0 Å². The number of hydroxylamine groups is 2. The van der Waals surface area contributed by atoms with Crippen LogP contribution in [0.5, 0.6) is 0 Å². The minimum atomic E-state index is -4.46. The molecule has 0 spiro atoms. The first kappa shape index (κ1) is 21.4. The molecule has 29 heavy (non-hydrogen) atoms. The normalized spacial score (nSPS) is 20.6. The summed E-state index contributed by atoms with van der Waals surface area (Å²) in [5, 5.41) is 0.375. The topological polar surface area (TPSA) is 61.9 Å². The summed E-state index contributed by atoms with van der Waals surface area (Å²) in [6.07, 6.45) is -4.46. The van der Waals surface area contributed by atoms with Crippen LogP contribution < -0.4 is 9.62 Å². The number of alkyl halides is 3. The second-order valence-electron chi connectivity index (χ2n) is 7.03. The van der Waals surface area contributed by atoms with Crippen LogP contribution in [0.2, 0.25) is 0 Å². The van der Waals surface area contributed by atoms with Crippen LogP contribution in [0.3, 0.4) is 0 Å². The zero-order valence-electron chi connectivity index (χ0n) is 16.1. The van der Waals surface area contributed by atoms with Gasteiger partial charge in [0.05, 0.1) is 18.2 Å². The number of nitrogens with zero attached hydrogens (tertiary/aromatic N) is 2. The fourth-order valence-electron chi connectivity index (χ4n) is 3.22. The number of hydrogen-bond acceptors (Lipinski definition) is 5. The smallest absolute Gasteiger partial charge is 0.378 e. The van der Waals surface area contributed by atoms with E-state index in [1.54, 1.807) is 31.3 Å². The molecule has 1 aliphatic heterocycles. The maximum absolute atomic E-state index is 13.0. The van der Waals surface area contributed by atoms with E-state index >= 15 is 0 Å². The molecule has 0 amide bonds. The summed E-state index contributed by atoms with van der Waals surface area (Å²) in [5.74, 6) is 0. The predicted molar refractivity (Wildman–Crippen MR) is 105 cm³/mol. The minimum Gasteiger partial charge on any atom is -0.378 e. The van der Waals surface area contributed by atoms with Crippen molar-refractivity contribution < 1.29 is 26.4 Å². The predicted octanol–water partition coefficient (Wildman–Crippen LogP) is 3.50. The Morgan fingerprint density at radius 1 is 1.07 bits per heavy atom. The van der Waals surface area contributed by atoms with Gasteiger partial charge in [0.25, 0.3) is 0 Å². The molecule has 0 radical (unpaired) electrons. The maximum atomic E-state index is 13.0. The van der Waals surface area contributed by atoms with Crippen LogP contribution in [0, 0.1) is 0 Å². The highest BCUT2D eigenvalue weighted by Gasteiger charge is 2.43. The molecule has 0 unspecified atom stereocenters. The highest BCUT2D eigenvalue weighted by molar-refractivity contribution is 7.93. The van der Waals surface area contributed by atoms with E-state index in [2.05, 4.69) is 4.72 Å². The molecule has 1 heterocycles. The SMILES string of the molecule is CN(C)c1ccc(NS(=O)(=O)[C@H]2CON(C)[C@H]2c2ccc(C(F)(F)F)cc2)cc1. The summed E-state index contributed by atoms with van der Waals surface area (Å²) in [6.45, 7) is -0.104. The monoisotopic (exact) mass is 429 g/mol. The van der Waals surface area contributed by atoms with Crippen LogP contribution in [0.15, 0.2) is 48.5 Å². The average Bonchev–Trinajstić information content (AvgIpc) is 3.04. The summed E-state index contributed by atoms with van der Waals surface area (Å²) in [5.41, 5.74) is 0.952. The molecule has 0 aromatic heterocycles. The van der Waals surface area contributed by atoms with Crippen LogP contribution in [-0.2, 0) is 21.0 Å². The van der Waals surface area contributed by atoms with E-state index in [1.165, 1.54) is 17.2 Å². The van der Waals surface area contributed by atoms with Gasteiger partial charge in [-0.25, -0.2) is 8.42 Å². The second-order valence-corrected chi connectivity index (χ2v) is 8.93. The molecule has 158 valence electrons. The van der Waals surface area contributed by atoms with Crippen molar-refractivity contribution >= 4 is 21.4 Å². The second kappa shape index (κ2) is 7.85. The number of sulfonamides is 1. The number of nitrogens with one attached hydrogen (secondary N) is 1. The molecule has 1 aliphatic rings. The van der Waals surface area contributed by atoms with E-state index in [1.807, 2.05) is 19.0 Å². The Bertz CT molecular complexity index is 945. The Kier molecular flexibility index (Phi) is 5.79. The Labute approximate surface area is 167 Å². The zero-order valence-corrected chi connectivity index (χ0v) is 17.0. The quantitative estimate of drug-likeness (QED) is 0.788. The molecule has 0 saturated carbocycles. The summed E-state index contributed by atoms with van der Waals surface area (Å²) < 4.78 is 66.9. The zero-order chi connectivity index (χ0) is 21.4. The summed E-state index contributed by atoms with van der Waals surface area (Å²) in [7, 11) is 1.44. The van der Waals surface area contributed by atoms with Crippen LogP contribution in [-0.4, -0.2) is 46.5 Å². The van der Waals surface area contributed by atoms with Crippen molar-refractivity contribution in [1.29, 1.82) is 0 Å². The average molecular weight is 429 g/mol. The van der Waals surface area contributed by atoms with E-state index in [9.17, 15) is 21.6 Å². The largest absolute Gasteiger partial charge is 0.416 e. The van der Waals surface area contributed by atoms with E-state index in [0.717, 1.165) is 17.8 Å². The van der Waals surface area contributed by atoms with Gasteiger partial charge in [0, 0.05) is 32.5 Å². The van der Waals surface area contributed by atoms with Crippen molar-refractivity contribution in [3.63, 3.8) is 0 Å². The molecule has 2 aromatic carbocycles. The number of anilines is 2. The Morgan fingerprint density at radius 3 is 2.17 bits per heavy atom. The number of halogens is 3.